The van der Waals surface area contributed by atoms with Gasteiger partial charge in [0.05, 0.1) is 28.0 Å². The molecule has 1 fully saturated rings. The van der Waals surface area contributed by atoms with Crippen LogP contribution >= 0.6 is 0 Å². The molecule has 6 heteroatoms. The number of rotatable bonds is 4. The molecule has 98 valence electrons. The van der Waals surface area contributed by atoms with Crippen molar-refractivity contribution in [3.05, 3.63) is 40.6 Å². The van der Waals surface area contributed by atoms with Crippen molar-refractivity contribution in [2.75, 3.05) is 11.9 Å². The molecule has 0 amide bonds. The van der Waals surface area contributed by atoms with Crippen LogP contribution in [0.4, 0.5) is 11.4 Å². The molecule has 1 aromatic carbocycles. The first-order valence-corrected chi connectivity index (χ1v) is 6.06. The van der Waals surface area contributed by atoms with Gasteiger partial charge < -0.3 is 10.4 Å². The van der Waals surface area contributed by atoms with Crippen LogP contribution in [0.5, 0.6) is 0 Å². The molecule has 2 N–H and O–H groups in total. The van der Waals surface area contributed by atoms with Crippen molar-refractivity contribution in [1.82, 2.24) is 4.98 Å². The van der Waals surface area contributed by atoms with Crippen LogP contribution in [0.3, 0.4) is 0 Å². The molecule has 0 spiro atoms. The van der Waals surface area contributed by atoms with E-state index >= 15 is 0 Å². The fourth-order valence-corrected chi connectivity index (χ4v) is 2.19. The van der Waals surface area contributed by atoms with E-state index in [1.54, 1.807) is 30.5 Å². The fourth-order valence-electron chi connectivity index (χ4n) is 2.19. The van der Waals surface area contributed by atoms with Crippen molar-refractivity contribution in [3.63, 3.8) is 0 Å². The van der Waals surface area contributed by atoms with Gasteiger partial charge in [-0.1, -0.05) is 0 Å². The number of nitrogens with one attached hydrogen (secondary N) is 1. The van der Waals surface area contributed by atoms with E-state index in [0.29, 0.717) is 16.6 Å². The second-order valence-corrected chi connectivity index (χ2v) is 4.85. The first-order chi connectivity index (χ1) is 9.15. The maximum Gasteiger partial charge on any atom is 0.301 e. The van der Waals surface area contributed by atoms with Gasteiger partial charge in [0.15, 0.2) is 0 Å². The Labute approximate surface area is 109 Å². The minimum absolute atomic E-state index is 0.0186. The molecule has 0 saturated heterocycles. The van der Waals surface area contributed by atoms with Crippen LogP contribution < -0.4 is 5.32 Å². The van der Waals surface area contributed by atoms with E-state index in [4.69, 9.17) is 0 Å². The molecule has 0 aliphatic heterocycles. The summed E-state index contributed by atoms with van der Waals surface area (Å²) in [5.74, 6) is 0. The number of aliphatic hydroxyl groups is 1. The van der Waals surface area contributed by atoms with Crippen LogP contribution in [-0.4, -0.2) is 27.2 Å². The van der Waals surface area contributed by atoms with Crippen LogP contribution in [0.1, 0.15) is 12.8 Å². The number of aliphatic hydroxyl groups excluding tert-OH is 1. The predicted octanol–water partition coefficient (Wildman–Crippen LogP) is 2.08. The van der Waals surface area contributed by atoms with Crippen molar-refractivity contribution in [3.8, 4) is 0 Å². The molecule has 0 unspecified atom stereocenters. The number of nitro benzene ring substituents is 1. The Morgan fingerprint density at radius 3 is 2.84 bits per heavy atom. The van der Waals surface area contributed by atoms with Crippen molar-refractivity contribution in [2.24, 2.45) is 0 Å². The summed E-state index contributed by atoms with van der Waals surface area (Å²) >= 11 is 0. The molecular formula is C13H13N3O3. The Bertz CT molecular complexity index is 653. The maximum atomic E-state index is 11.3. The van der Waals surface area contributed by atoms with E-state index in [9.17, 15) is 15.2 Å². The van der Waals surface area contributed by atoms with Crippen LogP contribution in [0.15, 0.2) is 30.5 Å². The third-order valence-electron chi connectivity index (χ3n) is 3.50. The van der Waals surface area contributed by atoms with Gasteiger partial charge in [-0.05, 0) is 37.1 Å². The lowest BCUT2D eigenvalue weighted by atomic mass is 10.1. The SMILES string of the molecule is O=[N+]([O-])c1c(NC2(CO)CC2)ccc2ncccc12. The Morgan fingerprint density at radius 2 is 2.21 bits per heavy atom. The topological polar surface area (TPSA) is 88.3 Å². The molecule has 1 aliphatic rings. The average molecular weight is 259 g/mol. The Hall–Kier alpha value is -2.21. The Morgan fingerprint density at radius 1 is 1.42 bits per heavy atom. The number of benzene rings is 1. The normalized spacial score (nSPS) is 16.3. The van der Waals surface area contributed by atoms with Crippen molar-refractivity contribution in [1.29, 1.82) is 0 Å². The predicted molar refractivity (Wildman–Crippen MR) is 71.1 cm³/mol. The third kappa shape index (κ3) is 2.00. The molecule has 1 aromatic heterocycles. The van der Waals surface area contributed by atoms with E-state index in [1.165, 1.54) is 0 Å². The lowest BCUT2D eigenvalue weighted by molar-refractivity contribution is -0.382. The lowest BCUT2D eigenvalue weighted by Gasteiger charge is -2.16. The molecule has 1 saturated carbocycles. The summed E-state index contributed by atoms with van der Waals surface area (Å²) in [7, 11) is 0. The highest BCUT2D eigenvalue weighted by Crippen LogP contribution is 2.42. The van der Waals surface area contributed by atoms with Gasteiger partial charge in [0.1, 0.15) is 5.69 Å². The molecule has 1 aliphatic carbocycles. The summed E-state index contributed by atoms with van der Waals surface area (Å²) in [6, 6.07) is 6.77. The molecule has 6 nitrogen and oxygen atoms in total. The minimum Gasteiger partial charge on any atom is -0.394 e. The molecule has 19 heavy (non-hydrogen) atoms. The van der Waals surface area contributed by atoms with E-state index < -0.39 is 4.92 Å². The minimum atomic E-state index is -0.403. The Balaban J connectivity index is 2.13. The number of hydrogen-bond donors (Lipinski definition) is 2. The molecule has 1 heterocycles. The van der Waals surface area contributed by atoms with Gasteiger partial charge in [-0.2, -0.15) is 0 Å². The van der Waals surface area contributed by atoms with E-state index in [2.05, 4.69) is 10.3 Å². The van der Waals surface area contributed by atoms with Crippen LogP contribution in [0, 0.1) is 10.1 Å². The van der Waals surface area contributed by atoms with Crippen LogP contribution in [0.2, 0.25) is 0 Å². The van der Waals surface area contributed by atoms with Crippen molar-refractivity contribution in [2.45, 2.75) is 18.4 Å². The summed E-state index contributed by atoms with van der Waals surface area (Å²) in [4.78, 5) is 15.0. The highest BCUT2D eigenvalue weighted by molar-refractivity contribution is 5.94. The highest BCUT2D eigenvalue weighted by Gasteiger charge is 2.43. The largest absolute Gasteiger partial charge is 0.394 e. The zero-order valence-corrected chi connectivity index (χ0v) is 10.2. The first kappa shape index (κ1) is 11.9. The zero-order chi connectivity index (χ0) is 13.5. The van der Waals surface area contributed by atoms with Gasteiger partial charge in [-0.15, -0.1) is 0 Å². The van der Waals surface area contributed by atoms with E-state index in [-0.39, 0.29) is 17.8 Å². The highest BCUT2D eigenvalue weighted by atomic mass is 16.6. The second-order valence-electron chi connectivity index (χ2n) is 4.85. The summed E-state index contributed by atoms with van der Waals surface area (Å²) < 4.78 is 0. The zero-order valence-electron chi connectivity index (χ0n) is 10.2. The van der Waals surface area contributed by atoms with Crippen LogP contribution in [0.25, 0.3) is 10.9 Å². The lowest BCUT2D eigenvalue weighted by Crippen LogP contribution is -2.26. The monoisotopic (exact) mass is 259 g/mol. The number of nitrogens with zero attached hydrogens (tertiary/aromatic N) is 2. The smallest absolute Gasteiger partial charge is 0.301 e. The first-order valence-electron chi connectivity index (χ1n) is 6.06. The van der Waals surface area contributed by atoms with Crippen molar-refractivity contribution < 1.29 is 10.0 Å². The number of nitro groups is 1. The molecular weight excluding hydrogens is 246 g/mol. The van der Waals surface area contributed by atoms with Crippen LogP contribution in [-0.2, 0) is 0 Å². The average Bonchev–Trinajstić information content (AvgIpc) is 3.18. The molecule has 3 rings (SSSR count). The summed E-state index contributed by atoms with van der Waals surface area (Å²) in [5, 5.41) is 24.2. The molecule has 2 aromatic rings. The fraction of sp³-hybridized carbons (Fsp3) is 0.308. The van der Waals surface area contributed by atoms with Gasteiger partial charge in [0.25, 0.3) is 0 Å². The standard InChI is InChI=1S/C13H13N3O3/c17-8-13(5-6-13)15-11-4-3-10-9(2-1-7-14-10)12(11)16(18)19/h1-4,7,15,17H,5-6,8H2. The van der Waals surface area contributed by atoms with Crippen molar-refractivity contribution >= 4 is 22.3 Å². The Kier molecular flexibility index (Phi) is 2.60. The quantitative estimate of drug-likeness (QED) is 0.648. The second kappa shape index (κ2) is 4.17. The van der Waals surface area contributed by atoms with Gasteiger partial charge >= 0.3 is 5.69 Å². The number of aromatic nitrogens is 1. The molecule has 0 atom stereocenters. The van der Waals surface area contributed by atoms with Gasteiger partial charge in [-0.3, -0.25) is 15.1 Å². The van der Waals surface area contributed by atoms with Gasteiger partial charge in [0, 0.05) is 6.20 Å². The number of pyridine rings is 1. The maximum absolute atomic E-state index is 11.3. The summed E-state index contributed by atoms with van der Waals surface area (Å²) in [5.41, 5.74) is 0.664. The number of anilines is 1. The number of hydrogen-bond acceptors (Lipinski definition) is 5. The van der Waals surface area contributed by atoms with E-state index in [0.717, 1.165) is 12.8 Å². The number of fused-ring (bicyclic) bond motifs is 1. The third-order valence-corrected chi connectivity index (χ3v) is 3.50. The van der Waals surface area contributed by atoms with E-state index in [1.807, 2.05) is 0 Å². The molecule has 0 bridgehead atoms. The van der Waals surface area contributed by atoms with Gasteiger partial charge in [-0.25, -0.2) is 0 Å². The molecule has 0 radical (unpaired) electrons. The van der Waals surface area contributed by atoms with Gasteiger partial charge in [0.2, 0.25) is 0 Å². The summed E-state index contributed by atoms with van der Waals surface area (Å²) in [6.07, 6.45) is 3.26. The summed E-state index contributed by atoms with van der Waals surface area (Å²) in [6.45, 7) is -0.0186.